The SMILES string of the molecule is O=C(NCc1cn(C2CCC2)nn1)c1cc(F)ccc1O. The maximum absolute atomic E-state index is 13.1. The number of nitrogens with zero attached hydrogens (tertiary/aromatic N) is 3. The van der Waals surface area contributed by atoms with Gasteiger partial charge in [-0.1, -0.05) is 5.21 Å². The molecule has 0 aliphatic heterocycles. The molecule has 1 saturated carbocycles. The number of carbonyl (C=O) groups is 1. The number of carbonyl (C=O) groups excluding carboxylic acids is 1. The number of aromatic nitrogens is 3. The van der Waals surface area contributed by atoms with E-state index in [0.29, 0.717) is 11.7 Å². The lowest BCUT2D eigenvalue weighted by Gasteiger charge is -2.24. The van der Waals surface area contributed by atoms with Crippen LogP contribution in [0.3, 0.4) is 0 Å². The van der Waals surface area contributed by atoms with Crippen molar-refractivity contribution in [3.8, 4) is 5.75 Å². The van der Waals surface area contributed by atoms with Gasteiger partial charge in [-0.05, 0) is 37.5 Å². The van der Waals surface area contributed by atoms with Crippen molar-refractivity contribution in [2.45, 2.75) is 31.8 Å². The molecule has 6 nitrogen and oxygen atoms in total. The van der Waals surface area contributed by atoms with E-state index in [4.69, 9.17) is 0 Å². The molecule has 7 heteroatoms. The first-order chi connectivity index (χ1) is 10.1. The lowest BCUT2D eigenvalue weighted by atomic mass is 9.93. The Bertz CT molecular complexity index is 667. The maximum atomic E-state index is 13.1. The van der Waals surface area contributed by atoms with E-state index in [2.05, 4.69) is 15.6 Å². The highest BCUT2D eigenvalue weighted by Gasteiger charge is 2.20. The summed E-state index contributed by atoms with van der Waals surface area (Å²) in [6, 6.07) is 3.65. The molecule has 1 aliphatic carbocycles. The number of hydrogen-bond acceptors (Lipinski definition) is 4. The van der Waals surface area contributed by atoms with Crippen molar-refractivity contribution >= 4 is 5.91 Å². The normalized spacial score (nSPS) is 14.7. The summed E-state index contributed by atoms with van der Waals surface area (Å²) in [6.45, 7) is 0.182. The van der Waals surface area contributed by atoms with E-state index in [1.54, 1.807) is 6.20 Å². The first-order valence-corrected chi connectivity index (χ1v) is 6.81. The number of nitrogens with one attached hydrogen (secondary N) is 1. The Labute approximate surface area is 120 Å². The second kappa shape index (κ2) is 5.51. The van der Waals surface area contributed by atoms with Crippen LogP contribution in [0.5, 0.6) is 5.75 Å². The van der Waals surface area contributed by atoms with Gasteiger partial charge < -0.3 is 10.4 Å². The third-order valence-electron chi connectivity index (χ3n) is 3.64. The topological polar surface area (TPSA) is 80.0 Å². The monoisotopic (exact) mass is 290 g/mol. The average molecular weight is 290 g/mol. The summed E-state index contributed by atoms with van der Waals surface area (Å²) in [5.41, 5.74) is 0.535. The van der Waals surface area contributed by atoms with Crippen LogP contribution in [-0.2, 0) is 6.54 Å². The minimum atomic E-state index is -0.575. The molecule has 0 saturated heterocycles. The molecule has 1 amide bonds. The summed E-state index contributed by atoms with van der Waals surface area (Å²) in [5.74, 6) is -1.38. The fourth-order valence-electron chi connectivity index (χ4n) is 2.18. The zero-order valence-corrected chi connectivity index (χ0v) is 11.3. The minimum Gasteiger partial charge on any atom is -0.507 e. The van der Waals surface area contributed by atoms with Crippen LogP contribution in [0.15, 0.2) is 24.4 Å². The third-order valence-corrected chi connectivity index (χ3v) is 3.64. The fraction of sp³-hybridized carbons (Fsp3) is 0.357. The van der Waals surface area contributed by atoms with Gasteiger partial charge in [-0.25, -0.2) is 9.07 Å². The molecule has 0 atom stereocenters. The Morgan fingerprint density at radius 1 is 1.48 bits per heavy atom. The van der Waals surface area contributed by atoms with Gasteiger partial charge in [0.1, 0.15) is 17.3 Å². The van der Waals surface area contributed by atoms with E-state index in [0.717, 1.165) is 31.0 Å². The van der Waals surface area contributed by atoms with Crippen molar-refractivity contribution in [3.63, 3.8) is 0 Å². The Morgan fingerprint density at radius 2 is 2.29 bits per heavy atom. The Morgan fingerprint density at radius 3 is 3.00 bits per heavy atom. The van der Waals surface area contributed by atoms with Crippen LogP contribution in [0, 0.1) is 5.82 Å². The van der Waals surface area contributed by atoms with Crippen molar-refractivity contribution in [2.24, 2.45) is 0 Å². The summed E-state index contributed by atoms with van der Waals surface area (Å²) in [5, 5.41) is 20.2. The van der Waals surface area contributed by atoms with Gasteiger partial charge in [-0.2, -0.15) is 0 Å². The number of phenolic OH excluding ortho intramolecular Hbond substituents is 1. The number of halogens is 1. The van der Waals surface area contributed by atoms with E-state index in [1.165, 1.54) is 6.42 Å². The van der Waals surface area contributed by atoms with Gasteiger partial charge in [0.05, 0.1) is 24.3 Å². The molecule has 1 fully saturated rings. The fourth-order valence-corrected chi connectivity index (χ4v) is 2.18. The van der Waals surface area contributed by atoms with Gasteiger partial charge in [0.25, 0.3) is 5.91 Å². The van der Waals surface area contributed by atoms with E-state index in [-0.39, 0.29) is 17.9 Å². The van der Waals surface area contributed by atoms with Crippen molar-refractivity contribution in [3.05, 3.63) is 41.5 Å². The lowest BCUT2D eigenvalue weighted by molar-refractivity contribution is 0.0947. The number of phenols is 1. The molecule has 0 bridgehead atoms. The highest BCUT2D eigenvalue weighted by Crippen LogP contribution is 2.30. The van der Waals surface area contributed by atoms with Gasteiger partial charge in [-0.15, -0.1) is 5.10 Å². The molecular formula is C14H15FN4O2. The molecule has 1 aromatic heterocycles. The molecule has 2 aromatic rings. The van der Waals surface area contributed by atoms with Gasteiger partial charge in [-0.3, -0.25) is 4.79 Å². The molecule has 1 aliphatic rings. The lowest BCUT2D eigenvalue weighted by Crippen LogP contribution is -2.23. The number of amides is 1. The number of benzene rings is 1. The summed E-state index contributed by atoms with van der Waals surface area (Å²) in [4.78, 5) is 11.9. The molecule has 3 rings (SSSR count). The van der Waals surface area contributed by atoms with Crippen LogP contribution in [0.2, 0.25) is 0 Å². The zero-order valence-electron chi connectivity index (χ0n) is 11.3. The predicted molar refractivity (Wildman–Crippen MR) is 72.1 cm³/mol. The Kier molecular flexibility index (Phi) is 3.55. The number of aromatic hydroxyl groups is 1. The van der Waals surface area contributed by atoms with Gasteiger partial charge in [0.15, 0.2) is 0 Å². The van der Waals surface area contributed by atoms with Crippen LogP contribution >= 0.6 is 0 Å². The quantitative estimate of drug-likeness (QED) is 0.899. The molecule has 2 N–H and O–H groups in total. The van der Waals surface area contributed by atoms with E-state index < -0.39 is 11.7 Å². The van der Waals surface area contributed by atoms with Crippen LogP contribution in [-0.4, -0.2) is 26.0 Å². The van der Waals surface area contributed by atoms with Crippen LogP contribution in [0.25, 0.3) is 0 Å². The second-order valence-corrected chi connectivity index (χ2v) is 5.12. The van der Waals surface area contributed by atoms with Crippen LogP contribution in [0.1, 0.15) is 41.4 Å². The summed E-state index contributed by atoms with van der Waals surface area (Å²) in [6.07, 6.45) is 5.21. The van der Waals surface area contributed by atoms with Crippen molar-refractivity contribution in [1.82, 2.24) is 20.3 Å². The van der Waals surface area contributed by atoms with Gasteiger partial charge in [0.2, 0.25) is 0 Å². The van der Waals surface area contributed by atoms with Crippen LogP contribution < -0.4 is 5.32 Å². The number of rotatable bonds is 4. The smallest absolute Gasteiger partial charge is 0.255 e. The summed E-state index contributed by atoms with van der Waals surface area (Å²) >= 11 is 0. The first-order valence-electron chi connectivity index (χ1n) is 6.81. The third kappa shape index (κ3) is 2.86. The van der Waals surface area contributed by atoms with Gasteiger partial charge >= 0.3 is 0 Å². The minimum absolute atomic E-state index is 0.0959. The molecule has 1 aromatic carbocycles. The van der Waals surface area contributed by atoms with E-state index in [9.17, 15) is 14.3 Å². The highest BCUT2D eigenvalue weighted by molar-refractivity contribution is 5.96. The standard InChI is InChI=1S/C14H15FN4O2/c15-9-4-5-13(20)12(6-9)14(21)16-7-10-8-19(18-17-10)11-2-1-3-11/h4-6,8,11,20H,1-3,7H2,(H,16,21). The highest BCUT2D eigenvalue weighted by atomic mass is 19.1. The second-order valence-electron chi connectivity index (χ2n) is 5.12. The molecule has 0 radical (unpaired) electrons. The van der Waals surface area contributed by atoms with E-state index in [1.807, 2.05) is 4.68 Å². The maximum Gasteiger partial charge on any atom is 0.255 e. The molecule has 1 heterocycles. The van der Waals surface area contributed by atoms with Crippen molar-refractivity contribution in [2.75, 3.05) is 0 Å². The van der Waals surface area contributed by atoms with E-state index >= 15 is 0 Å². The zero-order chi connectivity index (χ0) is 14.8. The Hall–Kier alpha value is -2.44. The first kappa shape index (κ1) is 13.5. The molecule has 110 valence electrons. The molecule has 21 heavy (non-hydrogen) atoms. The summed E-state index contributed by atoms with van der Waals surface area (Å²) in [7, 11) is 0. The van der Waals surface area contributed by atoms with Crippen molar-refractivity contribution in [1.29, 1.82) is 0 Å². The molecular weight excluding hydrogens is 275 g/mol. The Balaban J connectivity index is 1.62. The predicted octanol–water partition coefficient (Wildman–Crippen LogP) is 1.78. The van der Waals surface area contributed by atoms with Crippen LogP contribution in [0.4, 0.5) is 4.39 Å². The van der Waals surface area contributed by atoms with Crippen molar-refractivity contribution < 1.29 is 14.3 Å². The molecule has 0 unspecified atom stereocenters. The largest absolute Gasteiger partial charge is 0.507 e. The molecule has 0 spiro atoms. The number of hydrogen-bond donors (Lipinski definition) is 2. The van der Waals surface area contributed by atoms with Gasteiger partial charge in [0, 0.05) is 0 Å². The average Bonchev–Trinajstić information content (AvgIpc) is 2.85. The summed E-state index contributed by atoms with van der Waals surface area (Å²) < 4.78 is 14.9.